The Morgan fingerprint density at radius 1 is 0.510 bits per heavy atom. The fourth-order valence-corrected chi connectivity index (χ4v) is 8.24. The molecule has 0 saturated heterocycles. The smallest absolute Gasteiger partial charge is 0.0641 e. The molecule has 0 atom stereocenters. The van der Waals surface area contributed by atoms with Crippen molar-refractivity contribution in [3.05, 3.63) is 193 Å². The topological polar surface area (TPSA) is 11.4 Å². The third-order valence-corrected chi connectivity index (χ3v) is 10.4. The van der Waals surface area contributed by atoms with Crippen LogP contribution in [0.1, 0.15) is 5.56 Å². The summed E-state index contributed by atoms with van der Waals surface area (Å²) in [5, 5.41) is 3.78. The van der Waals surface area contributed by atoms with Crippen molar-refractivity contribution in [1.82, 2.24) is 9.47 Å². The van der Waals surface area contributed by atoms with Gasteiger partial charge in [0.1, 0.15) is 0 Å². The second-order valence-electron chi connectivity index (χ2n) is 13.5. The average molecular weight is 654 g/mol. The summed E-state index contributed by atoms with van der Waals surface area (Å²) < 4.78 is 2.48. The van der Waals surface area contributed by atoms with Gasteiger partial charge in [-0.3, -0.25) is 0 Å². The van der Waals surface area contributed by atoms with Crippen molar-refractivity contribution < 1.29 is 0 Å². The van der Waals surface area contributed by atoms with Crippen molar-refractivity contribution in [3.8, 4) is 39.2 Å². The molecule has 242 valence electrons. The summed E-state index contributed by atoms with van der Waals surface area (Å²) in [6, 6.07) is 61.7. The molecule has 0 amide bonds. The minimum Gasteiger partial charge on any atom is -0.374 e. The number of benzene rings is 7. The van der Waals surface area contributed by atoms with Gasteiger partial charge in [0.2, 0.25) is 0 Å². The molecule has 51 heavy (non-hydrogen) atoms. The third-order valence-electron chi connectivity index (χ3n) is 10.4. The van der Waals surface area contributed by atoms with Crippen molar-refractivity contribution in [3.63, 3.8) is 0 Å². The van der Waals surface area contributed by atoms with E-state index in [2.05, 4.69) is 204 Å². The molecule has 7 aromatic carbocycles. The molecule has 0 bridgehead atoms. The van der Waals surface area contributed by atoms with Crippen LogP contribution in [0.5, 0.6) is 0 Å². The van der Waals surface area contributed by atoms with Crippen LogP contribution in [0.3, 0.4) is 0 Å². The monoisotopic (exact) mass is 653 g/mol. The number of anilines is 2. The second kappa shape index (κ2) is 11.8. The van der Waals surface area contributed by atoms with Crippen LogP contribution in [0.4, 0.5) is 11.4 Å². The molecule has 3 heteroatoms. The summed E-state index contributed by atoms with van der Waals surface area (Å²) in [4.78, 5) is 4.80. The van der Waals surface area contributed by atoms with E-state index in [0.29, 0.717) is 0 Å². The highest BCUT2D eigenvalue weighted by atomic mass is 15.2. The molecule has 8 aromatic rings. The molecular formula is C48H35N3. The molecule has 0 fully saturated rings. The summed E-state index contributed by atoms with van der Waals surface area (Å²) >= 11 is 0. The van der Waals surface area contributed by atoms with E-state index >= 15 is 0 Å². The zero-order valence-corrected chi connectivity index (χ0v) is 28.4. The average Bonchev–Trinajstić information content (AvgIpc) is 3.47. The maximum Gasteiger partial charge on any atom is 0.0641 e. The van der Waals surface area contributed by atoms with Crippen molar-refractivity contribution >= 4 is 38.6 Å². The largest absolute Gasteiger partial charge is 0.374 e. The molecule has 2 aliphatic rings. The predicted molar refractivity (Wildman–Crippen MR) is 214 cm³/mol. The van der Waals surface area contributed by atoms with Crippen molar-refractivity contribution in [1.29, 1.82) is 0 Å². The maximum atomic E-state index is 2.48. The van der Waals surface area contributed by atoms with E-state index < -0.39 is 0 Å². The van der Waals surface area contributed by atoms with Gasteiger partial charge < -0.3 is 14.4 Å². The molecule has 0 radical (unpaired) electrons. The fraction of sp³-hybridized carbons (Fsp3) is 0.0417. The molecule has 0 saturated carbocycles. The van der Waals surface area contributed by atoms with E-state index in [9.17, 15) is 0 Å². The first-order chi connectivity index (χ1) is 25.2. The number of rotatable bonds is 4. The fourth-order valence-electron chi connectivity index (χ4n) is 8.24. The Hall–Kier alpha value is -6.58. The lowest BCUT2D eigenvalue weighted by atomic mass is 9.95. The lowest BCUT2D eigenvalue weighted by Crippen LogP contribution is -2.25. The first kappa shape index (κ1) is 29.3. The minimum absolute atomic E-state index is 0.836. The normalized spacial score (nSPS) is 13.7. The highest BCUT2D eigenvalue weighted by Gasteiger charge is 2.32. The molecule has 0 spiro atoms. The van der Waals surface area contributed by atoms with Crippen molar-refractivity contribution in [2.45, 2.75) is 0 Å². The SMILES string of the molecule is CN1C=C(N2c3ccccc3-c3c(n(-c4cccc(-c5ccccc5)c4)c4ccccc34)-c3ccccc32)C=C(c2cccc3ccccc23)C1. The summed E-state index contributed by atoms with van der Waals surface area (Å²) in [5.74, 6) is 0. The number of nitrogens with zero attached hydrogens (tertiary/aromatic N) is 3. The molecule has 10 rings (SSSR count). The minimum atomic E-state index is 0.836. The highest BCUT2D eigenvalue weighted by Crippen LogP contribution is 2.53. The van der Waals surface area contributed by atoms with Crippen LogP contribution >= 0.6 is 0 Å². The number of para-hydroxylation sites is 3. The number of likely N-dealkylation sites (N-methyl/N-ethyl adjacent to an activating group) is 1. The first-order valence-electron chi connectivity index (χ1n) is 17.6. The summed E-state index contributed by atoms with van der Waals surface area (Å²) in [6.07, 6.45) is 4.70. The molecule has 1 aromatic heterocycles. The molecule has 3 heterocycles. The Balaban J connectivity index is 1.24. The van der Waals surface area contributed by atoms with Crippen molar-refractivity contribution in [2.75, 3.05) is 18.5 Å². The zero-order valence-electron chi connectivity index (χ0n) is 28.4. The Morgan fingerprint density at radius 2 is 1.14 bits per heavy atom. The Kier molecular flexibility index (Phi) is 6.78. The van der Waals surface area contributed by atoms with Crippen LogP contribution in [0.2, 0.25) is 0 Å². The maximum absolute atomic E-state index is 2.48. The van der Waals surface area contributed by atoms with Crippen LogP contribution in [0, 0.1) is 0 Å². The van der Waals surface area contributed by atoms with Gasteiger partial charge in [-0.15, -0.1) is 0 Å². The number of hydrogen-bond acceptors (Lipinski definition) is 2. The van der Waals surface area contributed by atoms with Gasteiger partial charge in [0.25, 0.3) is 0 Å². The van der Waals surface area contributed by atoms with E-state index in [1.165, 1.54) is 72.0 Å². The van der Waals surface area contributed by atoms with Gasteiger partial charge in [0, 0.05) is 47.6 Å². The van der Waals surface area contributed by atoms with Crippen LogP contribution in [-0.2, 0) is 0 Å². The molecule has 0 unspecified atom stereocenters. The predicted octanol–water partition coefficient (Wildman–Crippen LogP) is 12.1. The number of allylic oxidation sites excluding steroid dienone is 1. The van der Waals surface area contributed by atoms with Crippen molar-refractivity contribution in [2.24, 2.45) is 0 Å². The van der Waals surface area contributed by atoms with Gasteiger partial charge in [0.15, 0.2) is 0 Å². The quantitative estimate of drug-likeness (QED) is 0.187. The van der Waals surface area contributed by atoms with E-state index in [0.717, 1.165) is 23.6 Å². The first-order valence-corrected chi connectivity index (χ1v) is 17.6. The number of fused-ring (bicyclic) bond motifs is 8. The molecule has 3 nitrogen and oxygen atoms in total. The van der Waals surface area contributed by atoms with E-state index in [1.54, 1.807) is 0 Å². The Labute approximate surface area is 298 Å². The van der Waals surface area contributed by atoms with Gasteiger partial charge >= 0.3 is 0 Å². The Bertz CT molecular complexity index is 2690. The molecule has 2 aliphatic heterocycles. The van der Waals surface area contributed by atoms with Crippen LogP contribution < -0.4 is 4.90 Å². The Morgan fingerprint density at radius 3 is 2.00 bits per heavy atom. The van der Waals surface area contributed by atoms with E-state index in [4.69, 9.17) is 0 Å². The summed E-state index contributed by atoms with van der Waals surface area (Å²) in [5.41, 5.74) is 15.7. The van der Waals surface area contributed by atoms with Crippen LogP contribution in [-0.4, -0.2) is 23.1 Å². The third kappa shape index (κ3) is 4.74. The highest BCUT2D eigenvalue weighted by molar-refractivity contribution is 6.12. The molecular weight excluding hydrogens is 619 g/mol. The van der Waals surface area contributed by atoms with Gasteiger partial charge in [-0.05, 0) is 69.4 Å². The second-order valence-corrected chi connectivity index (χ2v) is 13.5. The van der Waals surface area contributed by atoms with Gasteiger partial charge in [-0.25, -0.2) is 0 Å². The number of hydrogen-bond donors (Lipinski definition) is 0. The van der Waals surface area contributed by atoms with Crippen LogP contribution in [0.15, 0.2) is 188 Å². The van der Waals surface area contributed by atoms with Gasteiger partial charge in [-0.1, -0.05) is 140 Å². The number of aromatic nitrogens is 1. The van der Waals surface area contributed by atoms with E-state index in [1.807, 2.05) is 0 Å². The summed E-state index contributed by atoms with van der Waals surface area (Å²) in [6.45, 7) is 0.836. The van der Waals surface area contributed by atoms with Gasteiger partial charge in [0.05, 0.1) is 28.3 Å². The molecule has 0 N–H and O–H groups in total. The lowest BCUT2D eigenvalue weighted by Gasteiger charge is -2.33. The van der Waals surface area contributed by atoms with Gasteiger partial charge in [-0.2, -0.15) is 0 Å². The lowest BCUT2D eigenvalue weighted by molar-refractivity contribution is 0.507. The van der Waals surface area contributed by atoms with Crippen LogP contribution in [0.25, 0.3) is 66.4 Å². The molecule has 0 aliphatic carbocycles. The zero-order chi connectivity index (χ0) is 33.9. The summed E-state index contributed by atoms with van der Waals surface area (Å²) in [7, 11) is 2.18. The standard InChI is InChI=1S/C48H35N3/c1-49-31-36(40-25-14-18-34-17-5-6-21-39(34)40)30-38(32-49)50-44-26-10-7-22-41(44)47-42-23-8-11-27-45(42)51(48(47)43-24-9-12-28-46(43)50)37-20-13-19-35(29-37)33-15-3-2-4-16-33/h2-30,32H,31H2,1H3. The van der Waals surface area contributed by atoms with E-state index in [-0.39, 0.29) is 0 Å².